The fourth-order valence-electron chi connectivity index (χ4n) is 1.79. The first-order chi connectivity index (χ1) is 9.61. The molecule has 20 heavy (non-hydrogen) atoms. The maximum absolute atomic E-state index is 10.7. The van der Waals surface area contributed by atoms with Gasteiger partial charge in [0.15, 0.2) is 0 Å². The van der Waals surface area contributed by atoms with Crippen LogP contribution in [0.3, 0.4) is 0 Å². The highest BCUT2D eigenvalue weighted by Crippen LogP contribution is 2.28. The molecule has 6 heteroatoms. The van der Waals surface area contributed by atoms with Crippen molar-refractivity contribution >= 4 is 5.69 Å². The molecule has 1 aromatic carbocycles. The van der Waals surface area contributed by atoms with Crippen LogP contribution in [0.2, 0.25) is 0 Å². The summed E-state index contributed by atoms with van der Waals surface area (Å²) >= 11 is 0. The number of nitrogens with zero attached hydrogens (tertiary/aromatic N) is 2. The SMILES string of the molecule is Cc1cc([N+](=O)[O-])cnc1Oc1ccccc1CCO. The Balaban J connectivity index is 2.28. The van der Waals surface area contributed by atoms with Crippen molar-refractivity contribution < 1.29 is 14.8 Å². The lowest BCUT2D eigenvalue weighted by atomic mass is 10.1. The fraction of sp³-hybridized carbons (Fsp3) is 0.214. The molecule has 2 rings (SSSR count). The molecule has 0 spiro atoms. The van der Waals surface area contributed by atoms with Gasteiger partial charge in [0, 0.05) is 18.2 Å². The molecule has 2 aromatic rings. The largest absolute Gasteiger partial charge is 0.438 e. The number of ether oxygens (including phenoxy) is 1. The third-order valence-corrected chi connectivity index (χ3v) is 2.79. The van der Waals surface area contributed by atoms with Gasteiger partial charge in [0.1, 0.15) is 11.9 Å². The third-order valence-electron chi connectivity index (χ3n) is 2.79. The van der Waals surface area contributed by atoms with Crippen molar-refractivity contribution in [3.8, 4) is 11.6 Å². The lowest BCUT2D eigenvalue weighted by Gasteiger charge is -2.11. The molecule has 0 saturated heterocycles. The summed E-state index contributed by atoms with van der Waals surface area (Å²) < 4.78 is 5.68. The van der Waals surface area contributed by atoms with Crippen LogP contribution in [0, 0.1) is 17.0 Å². The Labute approximate surface area is 115 Å². The first-order valence-electron chi connectivity index (χ1n) is 6.09. The molecule has 0 amide bonds. The van der Waals surface area contributed by atoms with Gasteiger partial charge in [-0.1, -0.05) is 18.2 Å². The van der Waals surface area contributed by atoms with E-state index in [0.717, 1.165) is 11.8 Å². The lowest BCUT2D eigenvalue weighted by Crippen LogP contribution is -1.98. The maximum Gasteiger partial charge on any atom is 0.288 e. The van der Waals surface area contributed by atoms with Crippen LogP contribution in [0.25, 0.3) is 0 Å². The topological polar surface area (TPSA) is 85.5 Å². The van der Waals surface area contributed by atoms with Gasteiger partial charge in [0.2, 0.25) is 5.88 Å². The van der Waals surface area contributed by atoms with E-state index in [9.17, 15) is 10.1 Å². The number of para-hydroxylation sites is 1. The summed E-state index contributed by atoms with van der Waals surface area (Å²) in [6, 6.07) is 8.71. The van der Waals surface area contributed by atoms with Crippen LogP contribution in [0.4, 0.5) is 5.69 Å². The Hall–Kier alpha value is -2.47. The van der Waals surface area contributed by atoms with Crippen molar-refractivity contribution in [3.63, 3.8) is 0 Å². The van der Waals surface area contributed by atoms with Gasteiger partial charge in [-0.05, 0) is 25.0 Å². The van der Waals surface area contributed by atoms with E-state index < -0.39 is 4.92 Å². The molecule has 0 aliphatic carbocycles. The number of nitro groups is 1. The number of aliphatic hydroxyl groups excluding tert-OH is 1. The van der Waals surface area contributed by atoms with Crippen LogP contribution >= 0.6 is 0 Å². The van der Waals surface area contributed by atoms with Crippen LogP contribution in [-0.4, -0.2) is 21.6 Å². The summed E-state index contributed by atoms with van der Waals surface area (Å²) in [5, 5.41) is 19.7. The Bertz CT molecular complexity index is 628. The summed E-state index contributed by atoms with van der Waals surface area (Å²) in [6.07, 6.45) is 1.64. The molecular weight excluding hydrogens is 260 g/mol. The minimum atomic E-state index is -0.497. The average molecular weight is 274 g/mol. The number of pyridine rings is 1. The molecule has 1 aromatic heterocycles. The van der Waals surface area contributed by atoms with Gasteiger partial charge in [-0.25, -0.2) is 4.98 Å². The number of aliphatic hydroxyl groups is 1. The summed E-state index contributed by atoms with van der Waals surface area (Å²) in [7, 11) is 0. The van der Waals surface area contributed by atoms with E-state index in [1.807, 2.05) is 18.2 Å². The van der Waals surface area contributed by atoms with Gasteiger partial charge in [-0.3, -0.25) is 10.1 Å². The van der Waals surface area contributed by atoms with Crippen LogP contribution in [0.5, 0.6) is 11.6 Å². The van der Waals surface area contributed by atoms with E-state index in [1.165, 1.54) is 6.07 Å². The second-order valence-corrected chi connectivity index (χ2v) is 4.26. The quantitative estimate of drug-likeness (QED) is 0.669. The molecule has 0 radical (unpaired) electrons. The zero-order valence-corrected chi connectivity index (χ0v) is 10.9. The molecule has 6 nitrogen and oxygen atoms in total. The van der Waals surface area contributed by atoms with E-state index in [-0.39, 0.29) is 12.3 Å². The number of aryl methyl sites for hydroxylation is 1. The van der Waals surface area contributed by atoms with E-state index >= 15 is 0 Å². The van der Waals surface area contributed by atoms with Gasteiger partial charge >= 0.3 is 0 Å². The number of aromatic nitrogens is 1. The summed E-state index contributed by atoms with van der Waals surface area (Å²) in [5.41, 5.74) is 1.37. The predicted octanol–water partition coefficient (Wildman–Crippen LogP) is 2.63. The zero-order valence-electron chi connectivity index (χ0n) is 10.9. The Morgan fingerprint density at radius 2 is 2.15 bits per heavy atom. The molecule has 1 heterocycles. The molecule has 0 bridgehead atoms. The van der Waals surface area contributed by atoms with Crippen molar-refractivity contribution in [2.24, 2.45) is 0 Å². The van der Waals surface area contributed by atoms with Crippen molar-refractivity contribution in [2.75, 3.05) is 6.61 Å². The second-order valence-electron chi connectivity index (χ2n) is 4.26. The number of rotatable bonds is 5. The molecule has 0 aliphatic heterocycles. The first-order valence-corrected chi connectivity index (χ1v) is 6.09. The van der Waals surface area contributed by atoms with Crippen LogP contribution in [0.1, 0.15) is 11.1 Å². The van der Waals surface area contributed by atoms with Gasteiger partial charge in [0.25, 0.3) is 5.69 Å². The molecular formula is C14H14N2O4. The van der Waals surface area contributed by atoms with Crippen molar-refractivity contribution in [1.29, 1.82) is 0 Å². The molecule has 1 N–H and O–H groups in total. The molecule has 0 atom stereocenters. The van der Waals surface area contributed by atoms with Gasteiger partial charge in [-0.2, -0.15) is 0 Å². The highest BCUT2D eigenvalue weighted by molar-refractivity contribution is 5.41. The molecule has 0 fully saturated rings. The molecule has 0 aliphatic rings. The van der Waals surface area contributed by atoms with Gasteiger partial charge in [0.05, 0.1) is 4.92 Å². The standard InChI is InChI=1S/C14H14N2O4/c1-10-8-12(16(18)19)9-15-14(10)20-13-5-3-2-4-11(13)6-7-17/h2-5,8-9,17H,6-7H2,1H3. The second kappa shape index (κ2) is 6.12. The fourth-order valence-corrected chi connectivity index (χ4v) is 1.79. The van der Waals surface area contributed by atoms with E-state index in [2.05, 4.69) is 4.98 Å². The van der Waals surface area contributed by atoms with E-state index in [0.29, 0.717) is 23.6 Å². The highest BCUT2D eigenvalue weighted by atomic mass is 16.6. The van der Waals surface area contributed by atoms with Crippen LogP contribution in [0.15, 0.2) is 36.5 Å². The molecule has 0 unspecified atom stereocenters. The normalized spacial score (nSPS) is 10.3. The van der Waals surface area contributed by atoms with Crippen LogP contribution in [-0.2, 0) is 6.42 Å². The van der Waals surface area contributed by atoms with Crippen molar-refractivity contribution in [1.82, 2.24) is 4.98 Å². The number of benzene rings is 1. The average Bonchev–Trinajstić information content (AvgIpc) is 2.43. The highest BCUT2D eigenvalue weighted by Gasteiger charge is 2.12. The lowest BCUT2D eigenvalue weighted by molar-refractivity contribution is -0.385. The van der Waals surface area contributed by atoms with Crippen molar-refractivity contribution in [2.45, 2.75) is 13.3 Å². The van der Waals surface area contributed by atoms with Crippen LogP contribution < -0.4 is 4.74 Å². The van der Waals surface area contributed by atoms with E-state index in [1.54, 1.807) is 13.0 Å². The zero-order chi connectivity index (χ0) is 14.5. The molecule has 0 saturated carbocycles. The summed E-state index contributed by atoms with van der Waals surface area (Å²) in [6.45, 7) is 1.72. The number of hydrogen-bond acceptors (Lipinski definition) is 5. The molecule has 104 valence electrons. The smallest absolute Gasteiger partial charge is 0.288 e. The minimum Gasteiger partial charge on any atom is -0.438 e. The third kappa shape index (κ3) is 3.10. The monoisotopic (exact) mass is 274 g/mol. The Morgan fingerprint density at radius 1 is 1.40 bits per heavy atom. The maximum atomic E-state index is 10.7. The Morgan fingerprint density at radius 3 is 2.80 bits per heavy atom. The summed E-state index contributed by atoms with van der Waals surface area (Å²) in [5.74, 6) is 0.909. The van der Waals surface area contributed by atoms with E-state index in [4.69, 9.17) is 9.84 Å². The number of hydrogen-bond donors (Lipinski definition) is 1. The summed E-state index contributed by atoms with van der Waals surface area (Å²) in [4.78, 5) is 14.1. The van der Waals surface area contributed by atoms with Gasteiger partial charge in [-0.15, -0.1) is 0 Å². The minimum absolute atomic E-state index is 0.0209. The van der Waals surface area contributed by atoms with Gasteiger partial charge < -0.3 is 9.84 Å². The first kappa shape index (κ1) is 14.0. The van der Waals surface area contributed by atoms with Crippen molar-refractivity contribution in [3.05, 3.63) is 57.8 Å². The Kier molecular flexibility index (Phi) is 4.27. The predicted molar refractivity (Wildman–Crippen MR) is 72.9 cm³/mol.